The molecule has 0 aliphatic rings. The van der Waals surface area contributed by atoms with Crippen molar-refractivity contribution in [1.29, 1.82) is 0 Å². The maximum absolute atomic E-state index is 12.0. The summed E-state index contributed by atoms with van der Waals surface area (Å²) in [5.41, 5.74) is 1.16. The number of rotatable bonds is 9. The highest BCUT2D eigenvalue weighted by molar-refractivity contribution is 9.10. The van der Waals surface area contributed by atoms with Crippen LogP contribution in [0.1, 0.15) is 57.4 Å². The van der Waals surface area contributed by atoms with Crippen LogP contribution in [0.2, 0.25) is 0 Å². The lowest BCUT2D eigenvalue weighted by molar-refractivity contribution is -0.130. The smallest absolute Gasteiger partial charge is 0.222 e. The summed E-state index contributed by atoms with van der Waals surface area (Å²) in [4.78, 5) is 13.9. The van der Waals surface area contributed by atoms with Gasteiger partial charge >= 0.3 is 0 Å². The Labute approximate surface area is 131 Å². The van der Waals surface area contributed by atoms with Gasteiger partial charge in [-0.1, -0.05) is 67.1 Å². The van der Waals surface area contributed by atoms with Crippen molar-refractivity contribution in [2.45, 2.75) is 58.4 Å². The van der Waals surface area contributed by atoms with Crippen LogP contribution in [0, 0.1) is 0 Å². The minimum absolute atomic E-state index is 0.250. The van der Waals surface area contributed by atoms with Crippen LogP contribution < -0.4 is 0 Å². The molecule has 0 atom stereocenters. The molecule has 0 saturated carbocycles. The molecule has 1 rings (SSSR count). The van der Waals surface area contributed by atoms with Gasteiger partial charge in [0.1, 0.15) is 0 Å². The highest BCUT2D eigenvalue weighted by atomic mass is 79.9. The van der Waals surface area contributed by atoms with Crippen molar-refractivity contribution >= 4 is 21.8 Å². The van der Waals surface area contributed by atoms with E-state index in [0.717, 1.165) is 16.5 Å². The number of amides is 1. The zero-order valence-corrected chi connectivity index (χ0v) is 14.3. The van der Waals surface area contributed by atoms with Gasteiger partial charge in [0.05, 0.1) is 0 Å². The molecule has 0 bridgehead atoms. The van der Waals surface area contributed by atoms with Gasteiger partial charge in [-0.3, -0.25) is 4.79 Å². The molecule has 0 unspecified atom stereocenters. The number of hydrogen-bond acceptors (Lipinski definition) is 1. The predicted octanol–water partition coefficient (Wildman–Crippen LogP) is 5.16. The van der Waals surface area contributed by atoms with Crippen LogP contribution in [0.25, 0.3) is 0 Å². The van der Waals surface area contributed by atoms with Gasteiger partial charge in [0.15, 0.2) is 0 Å². The van der Waals surface area contributed by atoms with Crippen molar-refractivity contribution in [3.63, 3.8) is 0 Å². The molecular weight excluding hydrogens is 314 g/mol. The highest BCUT2D eigenvalue weighted by Crippen LogP contribution is 2.14. The van der Waals surface area contributed by atoms with E-state index >= 15 is 0 Å². The summed E-state index contributed by atoms with van der Waals surface area (Å²) in [5.74, 6) is 0.250. The van der Waals surface area contributed by atoms with Crippen molar-refractivity contribution in [3.8, 4) is 0 Å². The number of nitrogens with zero attached hydrogens (tertiary/aromatic N) is 1. The topological polar surface area (TPSA) is 20.3 Å². The van der Waals surface area contributed by atoms with Gasteiger partial charge in [-0.25, -0.2) is 0 Å². The van der Waals surface area contributed by atoms with E-state index < -0.39 is 0 Å². The Hall–Kier alpha value is -0.830. The van der Waals surface area contributed by atoms with E-state index in [4.69, 9.17) is 0 Å². The summed E-state index contributed by atoms with van der Waals surface area (Å²) in [6.07, 6.45) is 8.03. The second-order valence-electron chi connectivity index (χ2n) is 5.40. The Kier molecular flexibility index (Phi) is 8.59. The Balaban J connectivity index is 2.22. The molecule has 112 valence electrons. The number of carbonyl (C=O) groups excluding carboxylic acids is 1. The minimum atomic E-state index is 0.250. The molecular formula is C17H26BrNO. The van der Waals surface area contributed by atoms with Gasteiger partial charge in [-0.15, -0.1) is 0 Å². The molecule has 0 heterocycles. The third-order valence-electron chi connectivity index (χ3n) is 3.48. The fourth-order valence-electron chi connectivity index (χ4n) is 2.24. The van der Waals surface area contributed by atoms with Crippen molar-refractivity contribution in [2.24, 2.45) is 0 Å². The first kappa shape index (κ1) is 17.2. The molecule has 0 aliphatic heterocycles. The number of halogens is 1. The van der Waals surface area contributed by atoms with Crippen LogP contribution >= 0.6 is 15.9 Å². The van der Waals surface area contributed by atoms with Crippen LogP contribution in [0.4, 0.5) is 0 Å². The van der Waals surface area contributed by atoms with Gasteiger partial charge < -0.3 is 4.90 Å². The third kappa shape index (κ3) is 7.09. The first-order valence-electron chi connectivity index (χ1n) is 7.62. The summed E-state index contributed by atoms with van der Waals surface area (Å²) in [6.45, 7) is 2.91. The fraction of sp³-hybridized carbons (Fsp3) is 0.588. The van der Waals surface area contributed by atoms with E-state index in [1.54, 1.807) is 0 Å². The lowest BCUT2D eigenvalue weighted by Crippen LogP contribution is -2.25. The van der Waals surface area contributed by atoms with Gasteiger partial charge in [-0.05, 0) is 24.1 Å². The maximum atomic E-state index is 12.0. The van der Waals surface area contributed by atoms with Gasteiger partial charge in [0.25, 0.3) is 0 Å². The number of hydrogen-bond donors (Lipinski definition) is 0. The Morgan fingerprint density at radius 2 is 1.85 bits per heavy atom. The molecule has 0 aliphatic carbocycles. The first-order valence-corrected chi connectivity index (χ1v) is 8.41. The van der Waals surface area contributed by atoms with E-state index in [2.05, 4.69) is 35.0 Å². The molecule has 0 spiro atoms. The largest absolute Gasteiger partial charge is 0.341 e. The molecule has 0 radical (unpaired) electrons. The van der Waals surface area contributed by atoms with Gasteiger partial charge in [-0.2, -0.15) is 0 Å². The molecule has 20 heavy (non-hydrogen) atoms. The first-order chi connectivity index (χ1) is 9.63. The molecule has 0 saturated heterocycles. The third-order valence-corrected chi connectivity index (χ3v) is 3.97. The zero-order valence-electron chi connectivity index (χ0n) is 12.7. The van der Waals surface area contributed by atoms with Crippen LogP contribution in [0.5, 0.6) is 0 Å². The quantitative estimate of drug-likeness (QED) is 0.569. The van der Waals surface area contributed by atoms with E-state index in [0.29, 0.717) is 13.0 Å². The molecule has 1 aromatic carbocycles. The molecule has 0 N–H and O–H groups in total. The lowest BCUT2D eigenvalue weighted by Gasteiger charge is -2.17. The van der Waals surface area contributed by atoms with E-state index in [1.165, 1.54) is 32.1 Å². The van der Waals surface area contributed by atoms with Crippen LogP contribution in [-0.4, -0.2) is 17.9 Å². The van der Waals surface area contributed by atoms with Crippen molar-refractivity contribution in [2.75, 3.05) is 7.05 Å². The van der Waals surface area contributed by atoms with Gasteiger partial charge in [0, 0.05) is 24.5 Å². The summed E-state index contributed by atoms with van der Waals surface area (Å²) in [7, 11) is 1.89. The maximum Gasteiger partial charge on any atom is 0.222 e. The molecule has 3 heteroatoms. The van der Waals surface area contributed by atoms with E-state index in [9.17, 15) is 4.79 Å². The second kappa shape index (κ2) is 9.98. The SMILES string of the molecule is CCCCCCCCC(=O)N(C)Cc1cccc(Br)c1. The predicted molar refractivity (Wildman–Crippen MR) is 88.6 cm³/mol. The molecule has 2 nitrogen and oxygen atoms in total. The summed E-state index contributed by atoms with van der Waals surface area (Å²) >= 11 is 3.46. The average molecular weight is 340 g/mol. The lowest BCUT2D eigenvalue weighted by atomic mass is 10.1. The standard InChI is InChI=1S/C17H26BrNO/c1-3-4-5-6-7-8-12-17(20)19(2)14-15-10-9-11-16(18)13-15/h9-11,13H,3-8,12,14H2,1-2H3. The van der Waals surface area contributed by atoms with Gasteiger partial charge in [0.2, 0.25) is 5.91 Å². The molecule has 1 aromatic rings. The second-order valence-corrected chi connectivity index (χ2v) is 6.31. The molecule has 1 amide bonds. The average Bonchev–Trinajstić information content (AvgIpc) is 2.42. The number of unbranched alkanes of at least 4 members (excludes halogenated alkanes) is 5. The summed E-state index contributed by atoms with van der Waals surface area (Å²) in [5, 5.41) is 0. The van der Waals surface area contributed by atoms with Crippen molar-refractivity contribution in [3.05, 3.63) is 34.3 Å². The summed E-state index contributed by atoms with van der Waals surface area (Å²) < 4.78 is 1.06. The van der Waals surface area contributed by atoms with Crippen molar-refractivity contribution < 1.29 is 4.79 Å². The Morgan fingerprint density at radius 1 is 1.15 bits per heavy atom. The van der Waals surface area contributed by atoms with Crippen LogP contribution in [0.3, 0.4) is 0 Å². The van der Waals surface area contributed by atoms with Crippen molar-refractivity contribution in [1.82, 2.24) is 4.90 Å². The monoisotopic (exact) mass is 339 g/mol. The minimum Gasteiger partial charge on any atom is -0.341 e. The molecule has 0 aromatic heterocycles. The number of benzene rings is 1. The number of carbonyl (C=O) groups is 1. The van der Waals surface area contributed by atoms with E-state index in [1.807, 2.05) is 24.1 Å². The van der Waals surface area contributed by atoms with E-state index in [-0.39, 0.29) is 5.91 Å². The Morgan fingerprint density at radius 3 is 2.55 bits per heavy atom. The fourth-order valence-corrected chi connectivity index (χ4v) is 2.69. The molecule has 0 fully saturated rings. The summed E-state index contributed by atoms with van der Waals surface area (Å²) in [6, 6.07) is 8.13. The zero-order chi connectivity index (χ0) is 14.8. The van der Waals surface area contributed by atoms with Crippen LogP contribution in [0.15, 0.2) is 28.7 Å². The van der Waals surface area contributed by atoms with Crippen LogP contribution in [-0.2, 0) is 11.3 Å². The normalized spacial score (nSPS) is 10.6. The highest BCUT2D eigenvalue weighted by Gasteiger charge is 2.08. The Bertz CT molecular complexity index is 406.